The van der Waals surface area contributed by atoms with E-state index in [0.717, 1.165) is 25.2 Å². The van der Waals surface area contributed by atoms with Gasteiger partial charge in [0.15, 0.2) is 0 Å². The number of aliphatic carboxylic acids is 1. The molecule has 0 aliphatic heterocycles. The Morgan fingerprint density at radius 1 is 1.32 bits per heavy atom. The Bertz CT molecular complexity index is 576. The molecule has 0 amide bonds. The minimum Gasteiger partial charge on any atom is -0.481 e. The van der Waals surface area contributed by atoms with Crippen molar-refractivity contribution in [2.45, 2.75) is 58.8 Å². The molecule has 120 valence electrons. The molecule has 0 aromatic rings. The van der Waals surface area contributed by atoms with E-state index in [2.05, 4.69) is 25.7 Å². The molecule has 4 aliphatic carbocycles. The number of allylic oxidation sites excluding steroid dienone is 3. The zero-order chi connectivity index (χ0) is 15.8. The van der Waals surface area contributed by atoms with Crippen LogP contribution in [0, 0.1) is 34.0 Å². The van der Waals surface area contributed by atoms with Crippen molar-refractivity contribution in [3.05, 3.63) is 24.3 Å². The lowest BCUT2D eigenvalue weighted by Gasteiger charge is -2.60. The standard InChI is InChI=1S/C20H28O2/c1-13-11-20-10-7-15-18(2,16(20)6-5-14(13)12-20)8-4-9-19(15,3)17(21)22/h7,10,14-16H,1,4-6,8-9,11-12H2,2-3H3,(H,21,22). The van der Waals surface area contributed by atoms with E-state index in [-0.39, 0.29) is 11.3 Å². The molecule has 0 heterocycles. The van der Waals surface area contributed by atoms with E-state index < -0.39 is 11.4 Å². The zero-order valence-electron chi connectivity index (χ0n) is 13.9. The van der Waals surface area contributed by atoms with E-state index in [9.17, 15) is 9.90 Å². The number of hydrogen-bond acceptors (Lipinski definition) is 1. The van der Waals surface area contributed by atoms with E-state index in [4.69, 9.17) is 0 Å². The van der Waals surface area contributed by atoms with Gasteiger partial charge in [-0.1, -0.05) is 37.6 Å². The lowest BCUT2D eigenvalue weighted by atomic mass is 9.43. The van der Waals surface area contributed by atoms with Gasteiger partial charge in [-0.25, -0.2) is 0 Å². The fraction of sp³-hybridized carbons (Fsp3) is 0.750. The van der Waals surface area contributed by atoms with Crippen molar-refractivity contribution in [2.75, 3.05) is 0 Å². The first-order valence-corrected chi connectivity index (χ1v) is 8.92. The molecule has 0 radical (unpaired) electrons. The van der Waals surface area contributed by atoms with E-state index in [0.29, 0.717) is 11.3 Å². The van der Waals surface area contributed by atoms with E-state index >= 15 is 0 Å². The summed E-state index contributed by atoms with van der Waals surface area (Å²) in [7, 11) is 0. The van der Waals surface area contributed by atoms with Crippen LogP contribution >= 0.6 is 0 Å². The van der Waals surface area contributed by atoms with Gasteiger partial charge in [0.2, 0.25) is 0 Å². The van der Waals surface area contributed by atoms with Gasteiger partial charge in [0, 0.05) is 0 Å². The molecule has 1 spiro atoms. The molecule has 3 fully saturated rings. The molecule has 4 aliphatic rings. The molecule has 22 heavy (non-hydrogen) atoms. The van der Waals surface area contributed by atoms with Crippen molar-refractivity contribution in [1.82, 2.24) is 0 Å². The molecule has 6 atom stereocenters. The van der Waals surface area contributed by atoms with Crippen LogP contribution in [0.2, 0.25) is 0 Å². The first-order valence-electron chi connectivity index (χ1n) is 8.92. The summed E-state index contributed by atoms with van der Waals surface area (Å²) < 4.78 is 0. The topological polar surface area (TPSA) is 37.3 Å². The van der Waals surface area contributed by atoms with Gasteiger partial charge in [-0.3, -0.25) is 4.79 Å². The number of carboxylic acid groups (broad SMARTS) is 1. The maximum atomic E-state index is 12.0. The van der Waals surface area contributed by atoms with Crippen LogP contribution < -0.4 is 0 Å². The second-order valence-electron chi connectivity index (χ2n) is 9.02. The molecule has 0 aromatic heterocycles. The van der Waals surface area contributed by atoms with Crippen molar-refractivity contribution >= 4 is 5.97 Å². The van der Waals surface area contributed by atoms with Crippen molar-refractivity contribution in [2.24, 2.45) is 34.0 Å². The van der Waals surface area contributed by atoms with Crippen LogP contribution in [0.4, 0.5) is 0 Å². The lowest BCUT2D eigenvalue weighted by molar-refractivity contribution is -0.163. The Morgan fingerprint density at radius 2 is 2.09 bits per heavy atom. The Labute approximate surface area is 133 Å². The summed E-state index contributed by atoms with van der Waals surface area (Å²) in [5.41, 5.74) is 1.31. The number of fused-ring (bicyclic) bond motifs is 3. The number of carboxylic acids is 1. The highest BCUT2D eigenvalue weighted by molar-refractivity contribution is 5.75. The smallest absolute Gasteiger partial charge is 0.309 e. The van der Waals surface area contributed by atoms with E-state index in [1.807, 2.05) is 6.92 Å². The van der Waals surface area contributed by atoms with Gasteiger partial charge in [0.25, 0.3) is 0 Å². The lowest BCUT2D eigenvalue weighted by Crippen LogP contribution is -2.56. The monoisotopic (exact) mass is 300 g/mol. The fourth-order valence-electron chi connectivity index (χ4n) is 6.93. The molecule has 0 aromatic carbocycles. The van der Waals surface area contributed by atoms with Crippen molar-refractivity contribution < 1.29 is 9.90 Å². The van der Waals surface area contributed by atoms with E-state index in [1.165, 1.54) is 31.3 Å². The minimum absolute atomic E-state index is 0.149. The third kappa shape index (κ3) is 1.59. The van der Waals surface area contributed by atoms with Gasteiger partial charge in [0.1, 0.15) is 0 Å². The van der Waals surface area contributed by atoms with Gasteiger partial charge in [0.05, 0.1) is 5.41 Å². The maximum Gasteiger partial charge on any atom is 0.309 e. The Balaban J connectivity index is 1.82. The maximum absolute atomic E-state index is 12.0. The Hall–Kier alpha value is -1.05. The average molecular weight is 300 g/mol. The quantitative estimate of drug-likeness (QED) is 0.705. The normalized spacial score (nSPS) is 53.0. The first-order chi connectivity index (χ1) is 10.3. The largest absolute Gasteiger partial charge is 0.481 e. The number of carbonyl (C=O) groups is 1. The van der Waals surface area contributed by atoms with Crippen molar-refractivity contribution in [3.63, 3.8) is 0 Å². The van der Waals surface area contributed by atoms with Gasteiger partial charge in [-0.05, 0) is 74.0 Å². The summed E-state index contributed by atoms with van der Waals surface area (Å²) in [5.74, 6) is 0.945. The molecule has 6 unspecified atom stereocenters. The summed E-state index contributed by atoms with van der Waals surface area (Å²) in [5, 5.41) is 9.87. The molecule has 3 saturated carbocycles. The van der Waals surface area contributed by atoms with Crippen molar-refractivity contribution in [3.8, 4) is 0 Å². The first kappa shape index (κ1) is 14.5. The Morgan fingerprint density at radius 3 is 2.82 bits per heavy atom. The van der Waals surface area contributed by atoms with Crippen LogP contribution in [0.1, 0.15) is 58.8 Å². The molecule has 2 bridgehead atoms. The highest BCUT2D eigenvalue weighted by atomic mass is 16.4. The minimum atomic E-state index is -0.603. The van der Waals surface area contributed by atoms with Crippen LogP contribution in [0.3, 0.4) is 0 Å². The van der Waals surface area contributed by atoms with Gasteiger partial charge in [-0.15, -0.1) is 0 Å². The predicted molar refractivity (Wildman–Crippen MR) is 87.4 cm³/mol. The number of rotatable bonds is 1. The average Bonchev–Trinajstić information content (AvgIpc) is 2.68. The molecule has 1 N–H and O–H groups in total. The summed E-state index contributed by atoms with van der Waals surface area (Å²) in [6, 6.07) is 0. The predicted octanol–water partition coefficient (Wildman–Crippen LogP) is 4.82. The summed E-state index contributed by atoms with van der Waals surface area (Å²) >= 11 is 0. The molecule has 2 heteroatoms. The van der Waals surface area contributed by atoms with Crippen LogP contribution in [0.5, 0.6) is 0 Å². The molecular formula is C20H28O2. The van der Waals surface area contributed by atoms with Crippen LogP contribution in [-0.2, 0) is 4.79 Å². The van der Waals surface area contributed by atoms with Crippen LogP contribution in [-0.4, -0.2) is 11.1 Å². The van der Waals surface area contributed by atoms with Crippen molar-refractivity contribution in [1.29, 1.82) is 0 Å². The molecular weight excluding hydrogens is 272 g/mol. The second-order valence-corrected chi connectivity index (χ2v) is 9.02. The molecule has 4 rings (SSSR count). The SMILES string of the molecule is C=C1CC23C=CC4C(C)(C(=O)O)CCCC4(C)C2CCC1C3. The summed E-state index contributed by atoms with van der Waals surface area (Å²) in [6.07, 6.45) is 12.7. The highest BCUT2D eigenvalue weighted by Gasteiger charge is 2.63. The Kier molecular flexibility index (Phi) is 2.82. The van der Waals surface area contributed by atoms with Crippen LogP contribution in [0.25, 0.3) is 0 Å². The van der Waals surface area contributed by atoms with Crippen LogP contribution in [0.15, 0.2) is 24.3 Å². The number of hydrogen-bond donors (Lipinski definition) is 1. The van der Waals surface area contributed by atoms with Gasteiger partial charge in [-0.2, -0.15) is 0 Å². The molecule has 2 nitrogen and oxygen atoms in total. The molecule has 0 saturated heterocycles. The summed E-state index contributed by atoms with van der Waals surface area (Å²) in [4.78, 5) is 12.0. The van der Waals surface area contributed by atoms with E-state index in [1.54, 1.807) is 0 Å². The zero-order valence-corrected chi connectivity index (χ0v) is 13.9. The fourth-order valence-corrected chi connectivity index (χ4v) is 6.93. The third-order valence-electron chi connectivity index (χ3n) is 7.97. The second kappa shape index (κ2) is 4.27. The van der Waals surface area contributed by atoms with Gasteiger partial charge < -0.3 is 5.11 Å². The van der Waals surface area contributed by atoms with Gasteiger partial charge >= 0.3 is 5.97 Å². The summed E-state index contributed by atoms with van der Waals surface area (Å²) in [6.45, 7) is 8.72. The highest BCUT2D eigenvalue weighted by Crippen LogP contribution is 2.69. The third-order valence-corrected chi connectivity index (χ3v) is 7.97.